The van der Waals surface area contributed by atoms with E-state index in [9.17, 15) is 4.79 Å². The van der Waals surface area contributed by atoms with Crippen molar-refractivity contribution in [1.82, 2.24) is 15.2 Å². The maximum atomic E-state index is 11.6. The number of nitrogens with one attached hydrogen (secondary N) is 1. The molecule has 0 spiro atoms. The Kier molecular flexibility index (Phi) is 5.15. The van der Waals surface area contributed by atoms with Gasteiger partial charge in [-0.1, -0.05) is 6.92 Å². The molecule has 0 bridgehead atoms. The van der Waals surface area contributed by atoms with Crippen LogP contribution in [0.15, 0.2) is 10.6 Å². The van der Waals surface area contributed by atoms with Crippen molar-refractivity contribution in [3.63, 3.8) is 0 Å². The van der Waals surface area contributed by atoms with Crippen LogP contribution in [-0.2, 0) is 17.8 Å². The summed E-state index contributed by atoms with van der Waals surface area (Å²) in [4.78, 5) is 17.5. The van der Waals surface area contributed by atoms with E-state index in [4.69, 9.17) is 4.42 Å². The van der Waals surface area contributed by atoms with Gasteiger partial charge in [-0.15, -0.1) is 0 Å². The summed E-state index contributed by atoms with van der Waals surface area (Å²) in [6.45, 7) is 6.77. The Morgan fingerprint density at radius 1 is 1.59 bits per heavy atom. The molecule has 0 radical (unpaired) electrons. The molecule has 1 N–H and O–H groups in total. The summed E-state index contributed by atoms with van der Waals surface area (Å²) >= 11 is 0. The first-order valence-electron chi connectivity index (χ1n) is 5.94. The lowest BCUT2D eigenvalue weighted by molar-refractivity contribution is -0.130. The van der Waals surface area contributed by atoms with E-state index in [0.717, 1.165) is 12.2 Å². The number of aromatic nitrogens is 1. The fourth-order valence-electron chi connectivity index (χ4n) is 1.28. The predicted molar refractivity (Wildman–Crippen MR) is 65.5 cm³/mol. The molecule has 1 amide bonds. The van der Waals surface area contributed by atoms with Crippen molar-refractivity contribution in [3.8, 4) is 0 Å². The summed E-state index contributed by atoms with van der Waals surface area (Å²) in [7, 11) is 1.80. The normalized spacial score (nSPS) is 10.9. The highest BCUT2D eigenvalue weighted by Crippen LogP contribution is 2.03. The zero-order chi connectivity index (χ0) is 12.8. The van der Waals surface area contributed by atoms with Crippen LogP contribution < -0.4 is 5.32 Å². The van der Waals surface area contributed by atoms with Crippen LogP contribution in [0.25, 0.3) is 0 Å². The minimum Gasteiger partial charge on any atom is -0.444 e. The molecule has 0 unspecified atom stereocenters. The van der Waals surface area contributed by atoms with E-state index in [2.05, 4.69) is 10.3 Å². The number of amides is 1. The maximum absolute atomic E-state index is 11.6. The van der Waals surface area contributed by atoms with Crippen molar-refractivity contribution in [2.75, 3.05) is 13.6 Å². The molecular formula is C12H21N3O2. The monoisotopic (exact) mass is 239 g/mol. The smallest absolute Gasteiger partial charge is 0.236 e. The topological polar surface area (TPSA) is 58.4 Å². The van der Waals surface area contributed by atoms with Gasteiger partial charge in [0, 0.05) is 19.5 Å². The first-order chi connectivity index (χ1) is 8.04. The van der Waals surface area contributed by atoms with Crippen molar-refractivity contribution in [3.05, 3.63) is 17.8 Å². The lowest BCUT2D eigenvalue weighted by Crippen LogP contribution is -2.39. The molecule has 1 rings (SSSR count). The number of aryl methyl sites for hydroxylation is 1. The highest BCUT2D eigenvalue weighted by molar-refractivity contribution is 5.78. The number of hydrogen-bond donors (Lipinski definition) is 1. The molecule has 17 heavy (non-hydrogen) atoms. The number of likely N-dealkylation sites (N-methyl/N-ethyl adjacent to an activating group) is 1. The molecule has 1 aromatic heterocycles. The lowest BCUT2D eigenvalue weighted by Gasteiger charge is -2.21. The Balaban J connectivity index is 2.30. The summed E-state index contributed by atoms with van der Waals surface area (Å²) in [5, 5.41) is 3.03. The van der Waals surface area contributed by atoms with Crippen LogP contribution in [-0.4, -0.2) is 35.4 Å². The average Bonchev–Trinajstić information content (AvgIpc) is 2.75. The molecule has 0 atom stereocenters. The standard InChI is InChI=1S/C12H21N3O2/c1-5-10-6-14-11(17-10)7-13-8-12(16)15(4)9(2)3/h6,9,13H,5,7-8H2,1-4H3. The summed E-state index contributed by atoms with van der Waals surface area (Å²) in [5.41, 5.74) is 0. The second-order valence-corrected chi connectivity index (χ2v) is 4.28. The number of rotatable bonds is 6. The predicted octanol–water partition coefficient (Wildman–Crippen LogP) is 1.19. The Morgan fingerprint density at radius 2 is 2.29 bits per heavy atom. The molecule has 0 saturated carbocycles. The van der Waals surface area contributed by atoms with E-state index < -0.39 is 0 Å². The van der Waals surface area contributed by atoms with Crippen molar-refractivity contribution in [1.29, 1.82) is 0 Å². The highest BCUT2D eigenvalue weighted by atomic mass is 16.4. The second kappa shape index (κ2) is 6.39. The lowest BCUT2D eigenvalue weighted by atomic mass is 10.3. The van der Waals surface area contributed by atoms with Crippen LogP contribution in [0.2, 0.25) is 0 Å². The van der Waals surface area contributed by atoms with Gasteiger partial charge in [-0.3, -0.25) is 10.1 Å². The fraction of sp³-hybridized carbons (Fsp3) is 0.667. The molecule has 1 aromatic rings. The number of carbonyl (C=O) groups excluding carboxylic acids is 1. The maximum Gasteiger partial charge on any atom is 0.236 e. The highest BCUT2D eigenvalue weighted by Gasteiger charge is 2.11. The Hall–Kier alpha value is -1.36. The largest absolute Gasteiger partial charge is 0.444 e. The number of hydrogen-bond acceptors (Lipinski definition) is 4. The second-order valence-electron chi connectivity index (χ2n) is 4.28. The SMILES string of the molecule is CCc1cnc(CNCC(=O)N(C)C(C)C)o1. The third kappa shape index (κ3) is 4.19. The molecule has 0 saturated heterocycles. The summed E-state index contributed by atoms with van der Waals surface area (Å²) in [6.07, 6.45) is 2.56. The van der Waals surface area contributed by atoms with Gasteiger partial charge in [0.2, 0.25) is 11.8 Å². The molecule has 0 fully saturated rings. The summed E-state index contributed by atoms with van der Waals surface area (Å²) in [6, 6.07) is 0.220. The van der Waals surface area contributed by atoms with E-state index >= 15 is 0 Å². The molecule has 5 nitrogen and oxygen atoms in total. The summed E-state index contributed by atoms with van der Waals surface area (Å²) < 4.78 is 5.42. The van der Waals surface area contributed by atoms with Gasteiger partial charge in [0.25, 0.3) is 0 Å². The van der Waals surface area contributed by atoms with Crippen LogP contribution >= 0.6 is 0 Å². The molecular weight excluding hydrogens is 218 g/mol. The third-order valence-corrected chi connectivity index (χ3v) is 2.67. The van der Waals surface area contributed by atoms with Crippen LogP contribution in [0.1, 0.15) is 32.4 Å². The minimum absolute atomic E-state index is 0.0715. The van der Waals surface area contributed by atoms with E-state index in [1.165, 1.54) is 0 Å². The van der Waals surface area contributed by atoms with Gasteiger partial charge in [-0.25, -0.2) is 4.98 Å². The minimum atomic E-state index is 0.0715. The van der Waals surface area contributed by atoms with E-state index in [1.807, 2.05) is 20.8 Å². The molecule has 5 heteroatoms. The zero-order valence-electron chi connectivity index (χ0n) is 11.0. The molecule has 96 valence electrons. The number of carbonyl (C=O) groups is 1. The first kappa shape index (κ1) is 13.7. The van der Waals surface area contributed by atoms with Gasteiger partial charge in [-0.2, -0.15) is 0 Å². The van der Waals surface area contributed by atoms with Crippen LogP contribution in [0.3, 0.4) is 0 Å². The summed E-state index contributed by atoms with van der Waals surface area (Å²) in [5.74, 6) is 1.57. The van der Waals surface area contributed by atoms with Crippen LogP contribution in [0.5, 0.6) is 0 Å². The molecule has 0 aromatic carbocycles. The Morgan fingerprint density at radius 3 is 2.82 bits per heavy atom. The van der Waals surface area contributed by atoms with Gasteiger partial charge < -0.3 is 9.32 Å². The zero-order valence-corrected chi connectivity index (χ0v) is 11.0. The molecule has 0 aliphatic heterocycles. The average molecular weight is 239 g/mol. The van der Waals surface area contributed by atoms with Crippen LogP contribution in [0.4, 0.5) is 0 Å². The van der Waals surface area contributed by atoms with Gasteiger partial charge in [-0.05, 0) is 13.8 Å². The van der Waals surface area contributed by atoms with Crippen molar-refractivity contribution in [2.45, 2.75) is 39.8 Å². The van der Waals surface area contributed by atoms with Gasteiger partial charge >= 0.3 is 0 Å². The number of oxazole rings is 1. The third-order valence-electron chi connectivity index (χ3n) is 2.67. The van der Waals surface area contributed by atoms with Gasteiger partial charge in [0.1, 0.15) is 5.76 Å². The Bertz CT molecular complexity index is 360. The molecule has 1 heterocycles. The van der Waals surface area contributed by atoms with Gasteiger partial charge in [0.15, 0.2) is 0 Å². The van der Waals surface area contributed by atoms with Gasteiger partial charge in [0.05, 0.1) is 19.3 Å². The molecule has 0 aliphatic rings. The van der Waals surface area contributed by atoms with E-state index in [0.29, 0.717) is 19.0 Å². The quantitative estimate of drug-likeness (QED) is 0.810. The fourth-order valence-corrected chi connectivity index (χ4v) is 1.28. The van der Waals surface area contributed by atoms with Crippen LogP contribution in [0, 0.1) is 0 Å². The van der Waals surface area contributed by atoms with Crippen molar-refractivity contribution < 1.29 is 9.21 Å². The van der Waals surface area contributed by atoms with Crippen molar-refractivity contribution >= 4 is 5.91 Å². The van der Waals surface area contributed by atoms with Crippen molar-refractivity contribution in [2.24, 2.45) is 0 Å². The Labute approximate surface area is 102 Å². The first-order valence-corrected chi connectivity index (χ1v) is 5.94. The number of nitrogens with zero attached hydrogens (tertiary/aromatic N) is 2. The van der Waals surface area contributed by atoms with E-state index in [-0.39, 0.29) is 11.9 Å². The van der Waals surface area contributed by atoms with E-state index in [1.54, 1.807) is 18.1 Å². The molecule has 0 aliphatic carbocycles.